The molecule has 2 heterocycles. The maximum atomic E-state index is 12.7. The summed E-state index contributed by atoms with van der Waals surface area (Å²) in [6, 6.07) is 3.70. The van der Waals surface area contributed by atoms with E-state index in [1.807, 2.05) is 12.1 Å². The zero-order valence-electron chi connectivity index (χ0n) is 14.2. The van der Waals surface area contributed by atoms with Crippen LogP contribution in [0.2, 0.25) is 0 Å². The summed E-state index contributed by atoms with van der Waals surface area (Å²) in [5, 5.41) is 0. The quantitative estimate of drug-likeness (QED) is 0.523. The largest absolute Gasteiger partial charge is 0.405 e. The Hall–Kier alpha value is -3.06. The van der Waals surface area contributed by atoms with Crippen molar-refractivity contribution in [3.05, 3.63) is 82.1 Å². The van der Waals surface area contributed by atoms with E-state index in [2.05, 4.69) is 18.4 Å². The number of aryl methyl sites for hydroxylation is 1. The number of fused-ring (bicyclic) bond motifs is 2. The third-order valence-electron chi connectivity index (χ3n) is 4.27. The number of allylic oxidation sites excluding steroid dienone is 4. The van der Waals surface area contributed by atoms with Crippen LogP contribution in [0.15, 0.2) is 59.7 Å². The van der Waals surface area contributed by atoms with E-state index in [0.29, 0.717) is 5.65 Å². The van der Waals surface area contributed by atoms with E-state index >= 15 is 0 Å². The van der Waals surface area contributed by atoms with E-state index in [9.17, 15) is 4.79 Å². The normalized spacial score (nSPS) is 14.6. The highest BCUT2D eigenvalue weighted by Crippen LogP contribution is 2.17. The standard InChI is InChI=1S/C21H21N3O/c1-2-6-16(11-13-22)9-10-17-12-14-24-20(15-17)23-19-8-5-3-4-7-18(19)21(24)25/h2,6,11-15H,1,3-5,7-8,22H2/b13-11-,16-6-. The minimum atomic E-state index is 0.0553. The summed E-state index contributed by atoms with van der Waals surface area (Å²) in [6.45, 7) is 3.67. The Kier molecular flexibility index (Phi) is 5.15. The number of pyridine rings is 1. The van der Waals surface area contributed by atoms with Crippen molar-refractivity contribution in [2.24, 2.45) is 5.73 Å². The van der Waals surface area contributed by atoms with Crippen LogP contribution in [-0.4, -0.2) is 9.38 Å². The van der Waals surface area contributed by atoms with Crippen molar-refractivity contribution < 1.29 is 0 Å². The van der Waals surface area contributed by atoms with Gasteiger partial charge in [-0.05, 0) is 56.2 Å². The highest BCUT2D eigenvalue weighted by atomic mass is 16.1. The Morgan fingerprint density at radius 3 is 2.96 bits per heavy atom. The van der Waals surface area contributed by atoms with Crippen LogP contribution in [0.5, 0.6) is 0 Å². The van der Waals surface area contributed by atoms with E-state index in [-0.39, 0.29) is 5.56 Å². The van der Waals surface area contributed by atoms with Gasteiger partial charge in [-0.15, -0.1) is 0 Å². The maximum absolute atomic E-state index is 12.7. The lowest BCUT2D eigenvalue weighted by atomic mass is 10.1. The van der Waals surface area contributed by atoms with E-state index in [4.69, 9.17) is 10.7 Å². The van der Waals surface area contributed by atoms with Crippen LogP contribution in [0.25, 0.3) is 5.65 Å². The molecule has 0 atom stereocenters. The van der Waals surface area contributed by atoms with Gasteiger partial charge in [-0.3, -0.25) is 9.20 Å². The second-order valence-electron chi connectivity index (χ2n) is 6.01. The molecule has 0 fully saturated rings. The molecule has 0 spiro atoms. The number of nitrogens with two attached hydrogens (primary N) is 1. The first-order valence-corrected chi connectivity index (χ1v) is 8.50. The maximum Gasteiger partial charge on any atom is 0.261 e. The van der Waals surface area contributed by atoms with Crippen LogP contribution in [0.1, 0.15) is 36.1 Å². The molecule has 2 aromatic rings. The molecule has 2 aromatic heterocycles. The van der Waals surface area contributed by atoms with Gasteiger partial charge in [-0.25, -0.2) is 4.98 Å². The molecule has 0 aliphatic heterocycles. The lowest BCUT2D eigenvalue weighted by molar-refractivity contribution is 0.708. The van der Waals surface area contributed by atoms with Crippen molar-refractivity contribution in [2.45, 2.75) is 32.1 Å². The first-order valence-electron chi connectivity index (χ1n) is 8.50. The summed E-state index contributed by atoms with van der Waals surface area (Å²) in [7, 11) is 0. The van der Waals surface area contributed by atoms with Gasteiger partial charge in [0.2, 0.25) is 0 Å². The van der Waals surface area contributed by atoms with Crippen LogP contribution >= 0.6 is 0 Å². The highest BCUT2D eigenvalue weighted by molar-refractivity contribution is 5.52. The Labute approximate surface area is 147 Å². The lowest BCUT2D eigenvalue weighted by Gasteiger charge is -2.08. The second kappa shape index (κ2) is 7.67. The summed E-state index contributed by atoms with van der Waals surface area (Å²) in [6.07, 6.45) is 13.4. The Morgan fingerprint density at radius 1 is 1.32 bits per heavy atom. The topological polar surface area (TPSA) is 60.4 Å². The van der Waals surface area contributed by atoms with Crippen LogP contribution in [0.4, 0.5) is 0 Å². The highest BCUT2D eigenvalue weighted by Gasteiger charge is 2.15. The van der Waals surface area contributed by atoms with Crippen molar-refractivity contribution in [3.63, 3.8) is 0 Å². The van der Waals surface area contributed by atoms with E-state index in [1.54, 1.807) is 28.8 Å². The van der Waals surface area contributed by atoms with Gasteiger partial charge in [0.1, 0.15) is 5.65 Å². The second-order valence-corrected chi connectivity index (χ2v) is 6.01. The van der Waals surface area contributed by atoms with Crippen molar-refractivity contribution >= 4 is 5.65 Å². The van der Waals surface area contributed by atoms with Crippen LogP contribution in [0.3, 0.4) is 0 Å². The van der Waals surface area contributed by atoms with Gasteiger partial charge >= 0.3 is 0 Å². The number of rotatable bonds is 2. The van der Waals surface area contributed by atoms with Crippen molar-refractivity contribution in [1.29, 1.82) is 0 Å². The number of hydrogen-bond donors (Lipinski definition) is 1. The molecule has 25 heavy (non-hydrogen) atoms. The summed E-state index contributed by atoms with van der Waals surface area (Å²) < 4.78 is 1.62. The third-order valence-corrected chi connectivity index (χ3v) is 4.27. The van der Waals surface area contributed by atoms with E-state index in [0.717, 1.165) is 54.5 Å². The summed E-state index contributed by atoms with van der Waals surface area (Å²) in [5.74, 6) is 6.14. The predicted octanol–water partition coefficient (Wildman–Crippen LogP) is 2.90. The third kappa shape index (κ3) is 3.72. The molecule has 3 rings (SSSR count). The first-order chi connectivity index (χ1) is 12.2. The fourth-order valence-electron chi connectivity index (χ4n) is 3.04. The minimum Gasteiger partial charge on any atom is -0.405 e. The van der Waals surface area contributed by atoms with Gasteiger partial charge < -0.3 is 5.73 Å². The fourth-order valence-corrected chi connectivity index (χ4v) is 3.04. The number of hydrogen-bond acceptors (Lipinski definition) is 3. The molecule has 0 aromatic carbocycles. The summed E-state index contributed by atoms with van der Waals surface area (Å²) in [4.78, 5) is 17.4. The van der Waals surface area contributed by atoms with E-state index < -0.39 is 0 Å². The predicted molar refractivity (Wildman–Crippen MR) is 101 cm³/mol. The van der Waals surface area contributed by atoms with Crippen LogP contribution in [0, 0.1) is 11.8 Å². The van der Waals surface area contributed by atoms with Gasteiger partial charge in [-0.1, -0.05) is 30.9 Å². The molecule has 0 bridgehead atoms. The molecule has 4 heteroatoms. The average Bonchev–Trinajstić information content (AvgIpc) is 2.86. The molecular formula is C21H21N3O. The van der Waals surface area contributed by atoms with Crippen molar-refractivity contribution in [2.75, 3.05) is 0 Å². The van der Waals surface area contributed by atoms with Crippen molar-refractivity contribution in [1.82, 2.24) is 9.38 Å². The molecule has 4 nitrogen and oxygen atoms in total. The Morgan fingerprint density at radius 2 is 2.16 bits per heavy atom. The molecule has 0 radical (unpaired) electrons. The number of nitrogens with zero attached hydrogens (tertiary/aromatic N) is 2. The van der Waals surface area contributed by atoms with Gasteiger partial charge in [0, 0.05) is 22.9 Å². The molecule has 126 valence electrons. The molecule has 1 aliphatic carbocycles. The SMILES string of the molecule is C=C/C=C(C#Cc1ccn2c(=O)c3c(nc2c1)CCCCC3)\C=C/N. The van der Waals surface area contributed by atoms with Crippen molar-refractivity contribution in [3.8, 4) is 11.8 Å². The van der Waals surface area contributed by atoms with Gasteiger partial charge in [0.25, 0.3) is 5.56 Å². The first kappa shape index (κ1) is 16.8. The molecule has 1 aliphatic rings. The molecule has 0 saturated heterocycles. The average molecular weight is 331 g/mol. The van der Waals surface area contributed by atoms with Crippen LogP contribution in [-0.2, 0) is 12.8 Å². The number of aromatic nitrogens is 2. The molecule has 0 amide bonds. The molecule has 0 unspecified atom stereocenters. The molecule has 0 saturated carbocycles. The monoisotopic (exact) mass is 331 g/mol. The van der Waals surface area contributed by atoms with Gasteiger partial charge in [-0.2, -0.15) is 0 Å². The lowest BCUT2D eigenvalue weighted by Crippen LogP contribution is -2.22. The van der Waals surface area contributed by atoms with Gasteiger partial charge in [0.05, 0.1) is 5.69 Å². The minimum absolute atomic E-state index is 0.0553. The zero-order chi connectivity index (χ0) is 17.6. The molecule has 2 N–H and O–H groups in total. The smallest absolute Gasteiger partial charge is 0.261 e. The Bertz CT molecular complexity index is 984. The fraction of sp³-hybridized carbons (Fsp3) is 0.238. The van der Waals surface area contributed by atoms with E-state index in [1.165, 1.54) is 6.20 Å². The Balaban J connectivity index is 2.05. The van der Waals surface area contributed by atoms with Gasteiger partial charge in [0.15, 0.2) is 0 Å². The summed E-state index contributed by atoms with van der Waals surface area (Å²) in [5.41, 5.74) is 9.53. The zero-order valence-corrected chi connectivity index (χ0v) is 14.2. The molecular weight excluding hydrogens is 310 g/mol. The summed E-state index contributed by atoms with van der Waals surface area (Å²) >= 11 is 0. The van der Waals surface area contributed by atoms with Crippen LogP contribution < -0.4 is 11.3 Å².